The van der Waals surface area contributed by atoms with E-state index in [1.54, 1.807) is 0 Å². The molecule has 0 aromatic carbocycles. The number of hydrogen-bond acceptors (Lipinski definition) is 3. The zero-order chi connectivity index (χ0) is 9.31. The Bertz CT molecular complexity index is 178. The minimum Gasteiger partial charge on any atom is -0.392 e. The van der Waals surface area contributed by atoms with Crippen molar-refractivity contribution < 1.29 is 9.84 Å². The van der Waals surface area contributed by atoms with Gasteiger partial charge in [-0.3, -0.25) is 0 Å². The van der Waals surface area contributed by atoms with Crippen LogP contribution < -0.4 is 5.73 Å². The summed E-state index contributed by atoms with van der Waals surface area (Å²) in [4.78, 5) is 0. The lowest BCUT2D eigenvalue weighted by atomic mass is 9.76. The van der Waals surface area contributed by atoms with Crippen LogP contribution in [0.4, 0.5) is 0 Å². The molecule has 3 N–H and O–H groups in total. The summed E-state index contributed by atoms with van der Waals surface area (Å²) in [5.74, 6) is 0.332. The quantitative estimate of drug-likeness (QED) is 0.626. The number of nitrogens with two attached hydrogens (primary N) is 1. The van der Waals surface area contributed by atoms with E-state index in [1.165, 1.54) is 0 Å². The number of rotatable bonds is 1. The van der Waals surface area contributed by atoms with Gasteiger partial charge in [-0.05, 0) is 38.1 Å². The van der Waals surface area contributed by atoms with Crippen LogP contribution in [0.3, 0.4) is 0 Å². The van der Waals surface area contributed by atoms with Gasteiger partial charge in [0.15, 0.2) is 0 Å². The first-order chi connectivity index (χ1) is 6.28. The highest BCUT2D eigenvalue weighted by Crippen LogP contribution is 2.48. The van der Waals surface area contributed by atoms with Gasteiger partial charge in [0.05, 0.1) is 6.10 Å². The van der Waals surface area contributed by atoms with Gasteiger partial charge in [-0.15, -0.1) is 0 Å². The van der Waals surface area contributed by atoms with Gasteiger partial charge in [-0.25, -0.2) is 0 Å². The molecule has 1 heterocycles. The van der Waals surface area contributed by atoms with Gasteiger partial charge in [-0.1, -0.05) is 0 Å². The molecule has 1 aliphatic carbocycles. The van der Waals surface area contributed by atoms with E-state index in [9.17, 15) is 5.11 Å². The van der Waals surface area contributed by atoms with E-state index in [2.05, 4.69) is 0 Å². The molecule has 0 bridgehead atoms. The van der Waals surface area contributed by atoms with Crippen molar-refractivity contribution >= 4 is 0 Å². The van der Waals surface area contributed by atoms with Gasteiger partial charge in [0, 0.05) is 18.6 Å². The summed E-state index contributed by atoms with van der Waals surface area (Å²) in [5, 5.41) is 10.1. The molecule has 2 rings (SSSR count). The zero-order valence-corrected chi connectivity index (χ0v) is 8.04. The van der Waals surface area contributed by atoms with E-state index in [0.717, 1.165) is 38.9 Å². The van der Waals surface area contributed by atoms with E-state index in [-0.39, 0.29) is 11.5 Å². The molecular weight excluding hydrogens is 166 g/mol. The van der Waals surface area contributed by atoms with E-state index >= 15 is 0 Å². The summed E-state index contributed by atoms with van der Waals surface area (Å²) in [7, 11) is 0. The lowest BCUT2D eigenvalue weighted by Gasteiger charge is -2.37. The van der Waals surface area contributed by atoms with E-state index < -0.39 is 0 Å². The van der Waals surface area contributed by atoms with Gasteiger partial charge in [0.25, 0.3) is 0 Å². The summed E-state index contributed by atoms with van der Waals surface area (Å²) in [5.41, 5.74) is 5.78. The average Bonchev–Trinajstić information content (AvgIpc) is 2.47. The van der Waals surface area contributed by atoms with E-state index in [0.29, 0.717) is 12.5 Å². The highest BCUT2D eigenvalue weighted by molar-refractivity contribution is 4.98. The number of aliphatic hydroxyl groups excluding tert-OH is 1. The molecule has 0 radical (unpaired) electrons. The first-order valence-electron chi connectivity index (χ1n) is 5.24. The minimum atomic E-state index is -0.179. The Labute approximate surface area is 79.3 Å². The fraction of sp³-hybridized carbons (Fsp3) is 1.00. The van der Waals surface area contributed by atoms with Gasteiger partial charge >= 0.3 is 0 Å². The fourth-order valence-corrected chi connectivity index (χ4v) is 2.85. The largest absolute Gasteiger partial charge is 0.392 e. The van der Waals surface area contributed by atoms with Crippen LogP contribution in [-0.4, -0.2) is 31.0 Å². The molecule has 13 heavy (non-hydrogen) atoms. The van der Waals surface area contributed by atoms with Crippen LogP contribution in [0.2, 0.25) is 0 Å². The molecule has 2 fully saturated rings. The first kappa shape index (κ1) is 9.44. The first-order valence-corrected chi connectivity index (χ1v) is 5.24. The summed E-state index contributed by atoms with van der Waals surface area (Å²) < 4.78 is 5.33. The average molecular weight is 185 g/mol. The second-order valence-corrected chi connectivity index (χ2v) is 4.45. The molecule has 76 valence electrons. The lowest BCUT2D eigenvalue weighted by Crippen LogP contribution is -2.40. The molecule has 0 aromatic rings. The van der Waals surface area contributed by atoms with Crippen LogP contribution in [0.15, 0.2) is 0 Å². The maximum atomic E-state index is 10.1. The number of ether oxygens (including phenoxy) is 1. The molecule has 3 heteroatoms. The molecule has 2 atom stereocenters. The normalized spacial score (nSPS) is 38.3. The predicted octanol–water partition coefficient (Wildman–Crippen LogP) is 0.513. The molecular formula is C10H19NO2. The van der Waals surface area contributed by atoms with Crippen molar-refractivity contribution in [1.82, 2.24) is 0 Å². The molecule has 2 unspecified atom stereocenters. The van der Waals surface area contributed by atoms with Crippen molar-refractivity contribution in [3.8, 4) is 0 Å². The van der Waals surface area contributed by atoms with Crippen molar-refractivity contribution in [1.29, 1.82) is 0 Å². The molecule has 1 spiro atoms. The Hall–Kier alpha value is -0.120. The minimum absolute atomic E-state index is 0.155. The molecule has 1 saturated carbocycles. The molecule has 3 nitrogen and oxygen atoms in total. The van der Waals surface area contributed by atoms with Crippen LogP contribution in [0.1, 0.15) is 25.7 Å². The third kappa shape index (κ3) is 1.49. The van der Waals surface area contributed by atoms with Crippen LogP contribution in [0.25, 0.3) is 0 Å². The monoisotopic (exact) mass is 185 g/mol. The Morgan fingerprint density at radius 1 is 1.31 bits per heavy atom. The third-order valence-corrected chi connectivity index (χ3v) is 3.88. The maximum Gasteiger partial charge on any atom is 0.0638 e. The SMILES string of the molecule is NCC1CCC2(CCOCC2)C1O. The molecule has 2 aliphatic rings. The number of aliphatic hydroxyl groups is 1. The second-order valence-electron chi connectivity index (χ2n) is 4.45. The molecule has 0 aromatic heterocycles. The van der Waals surface area contributed by atoms with Gasteiger partial charge < -0.3 is 15.6 Å². The van der Waals surface area contributed by atoms with Gasteiger partial charge in [0.2, 0.25) is 0 Å². The standard InChI is InChI=1S/C10H19NO2/c11-7-8-1-2-10(9(8)12)3-5-13-6-4-10/h8-9,12H,1-7,11H2. The topological polar surface area (TPSA) is 55.5 Å². The van der Waals surface area contributed by atoms with Crippen molar-refractivity contribution in [2.45, 2.75) is 31.8 Å². The van der Waals surface area contributed by atoms with Crippen molar-refractivity contribution in [2.24, 2.45) is 17.1 Å². The summed E-state index contributed by atoms with van der Waals surface area (Å²) in [6.45, 7) is 2.26. The Morgan fingerprint density at radius 2 is 2.00 bits per heavy atom. The lowest BCUT2D eigenvalue weighted by molar-refractivity contribution is -0.0549. The Balaban J connectivity index is 2.06. The fourth-order valence-electron chi connectivity index (χ4n) is 2.85. The van der Waals surface area contributed by atoms with Crippen LogP contribution >= 0.6 is 0 Å². The highest BCUT2D eigenvalue weighted by atomic mass is 16.5. The van der Waals surface area contributed by atoms with Crippen molar-refractivity contribution in [3.05, 3.63) is 0 Å². The van der Waals surface area contributed by atoms with Gasteiger partial charge in [0.1, 0.15) is 0 Å². The van der Waals surface area contributed by atoms with Crippen LogP contribution in [0, 0.1) is 11.3 Å². The highest BCUT2D eigenvalue weighted by Gasteiger charge is 2.47. The molecule has 0 amide bonds. The van der Waals surface area contributed by atoms with E-state index in [1.807, 2.05) is 0 Å². The zero-order valence-electron chi connectivity index (χ0n) is 8.04. The summed E-state index contributed by atoms with van der Waals surface area (Å²) in [6.07, 6.45) is 4.09. The Kier molecular flexibility index (Phi) is 2.58. The van der Waals surface area contributed by atoms with E-state index in [4.69, 9.17) is 10.5 Å². The van der Waals surface area contributed by atoms with Crippen molar-refractivity contribution in [2.75, 3.05) is 19.8 Å². The molecule has 1 aliphatic heterocycles. The predicted molar refractivity (Wildman–Crippen MR) is 50.3 cm³/mol. The third-order valence-electron chi connectivity index (χ3n) is 3.88. The maximum absolute atomic E-state index is 10.1. The van der Waals surface area contributed by atoms with Crippen LogP contribution in [-0.2, 0) is 4.74 Å². The smallest absolute Gasteiger partial charge is 0.0638 e. The molecule has 1 saturated heterocycles. The Morgan fingerprint density at radius 3 is 2.54 bits per heavy atom. The number of hydrogen-bond donors (Lipinski definition) is 2. The van der Waals surface area contributed by atoms with Crippen molar-refractivity contribution in [3.63, 3.8) is 0 Å². The summed E-state index contributed by atoms with van der Waals surface area (Å²) >= 11 is 0. The summed E-state index contributed by atoms with van der Waals surface area (Å²) in [6, 6.07) is 0. The van der Waals surface area contributed by atoms with Crippen LogP contribution in [0.5, 0.6) is 0 Å². The van der Waals surface area contributed by atoms with Gasteiger partial charge in [-0.2, -0.15) is 0 Å². The second kappa shape index (κ2) is 3.56.